The number of amides is 1. The van der Waals surface area contributed by atoms with Gasteiger partial charge in [-0.2, -0.15) is 13.9 Å². The third-order valence-electron chi connectivity index (χ3n) is 2.90. The average Bonchev–Trinajstić information content (AvgIpc) is 2.79. The fourth-order valence-corrected chi connectivity index (χ4v) is 1.96. The fraction of sp³-hybridized carbons (Fsp3) is 0.286. The number of benzene rings is 1. The number of carbonyl (C=O) groups is 1. The molecule has 0 unspecified atom stereocenters. The Bertz CT molecular complexity index is 686. The molecule has 0 aliphatic heterocycles. The summed E-state index contributed by atoms with van der Waals surface area (Å²) in [5.74, 6) is -0.357. The van der Waals surface area contributed by atoms with Crippen molar-refractivity contribution in [3.63, 3.8) is 0 Å². The van der Waals surface area contributed by atoms with Crippen LogP contribution in [-0.2, 0) is 7.05 Å². The van der Waals surface area contributed by atoms with E-state index in [0.717, 1.165) is 0 Å². The molecule has 8 heteroatoms. The first-order chi connectivity index (χ1) is 10.4. The molecule has 1 aromatic carbocycles. The van der Waals surface area contributed by atoms with Gasteiger partial charge in [0, 0.05) is 25.0 Å². The number of carbonyl (C=O) groups excluding carboxylic acids is 1. The van der Waals surface area contributed by atoms with Crippen molar-refractivity contribution in [2.75, 3.05) is 12.4 Å². The highest BCUT2D eigenvalue weighted by Crippen LogP contribution is 2.31. The molecule has 0 saturated carbocycles. The smallest absolute Gasteiger partial charge is 0.387 e. The molecular weight excluding hydrogens is 296 g/mol. The van der Waals surface area contributed by atoms with Crippen LogP contribution in [0.4, 0.5) is 14.5 Å². The molecular formula is C14H15F2N3O3. The number of aromatic nitrogens is 2. The van der Waals surface area contributed by atoms with Crippen LogP contribution < -0.4 is 14.8 Å². The lowest BCUT2D eigenvalue weighted by Crippen LogP contribution is -2.12. The van der Waals surface area contributed by atoms with E-state index in [2.05, 4.69) is 15.2 Å². The van der Waals surface area contributed by atoms with Crippen molar-refractivity contribution in [3.05, 3.63) is 35.7 Å². The summed E-state index contributed by atoms with van der Waals surface area (Å²) >= 11 is 0. The summed E-state index contributed by atoms with van der Waals surface area (Å²) in [6.07, 6.45) is 1.59. The van der Waals surface area contributed by atoms with E-state index in [9.17, 15) is 13.6 Å². The van der Waals surface area contributed by atoms with Gasteiger partial charge in [-0.05, 0) is 19.1 Å². The first-order valence-electron chi connectivity index (χ1n) is 6.35. The summed E-state index contributed by atoms with van der Waals surface area (Å²) in [4.78, 5) is 12.2. The standard InChI is InChI=1S/C14H15F2N3O3/c1-8-10(7-19(2)18-8)13(20)17-9-4-5-11(22-14(15)16)12(6-9)21-3/h4-7,14H,1-3H3,(H,17,20). The van der Waals surface area contributed by atoms with Crippen molar-refractivity contribution in [2.45, 2.75) is 13.5 Å². The van der Waals surface area contributed by atoms with Gasteiger partial charge in [0.2, 0.25) is 0 Å². The first-order valence-corrected chi connectivity index (χ1v) is 6.35. The second-order valence-electron chi connectivity index (χ2n) is 4.50. The number of nitrogens with one attached hydrogen (secondary N) is 1. The van der Waals surface area contributed by atoms with E-state index in [1.54, 1.807) is 20.2 Å². The number of anilines is 1. The second-order valence-corrected chi connectivity index (χ2v) is 4.50. The third kappa shape index (κ3) is 3.51. The number of nitrogens with zero attached hydrogens (tertiary/aromatic N) is 2. The number of ether oxygens (including phenoxy) is 2. The highest BCUT2D eigenvalue weighted by atomic mass is 19.3. The van der Waals surface area contributed by atoms with Gasteiger partial charge >= 0.3 is 6.61 Å². The van der Waals surface area contributed by atoms with E-state index in [4.69, 9.17) is 4.74 Å². The Hall–Kier alpha value is -2.64. The number of rotatable bonds is 5. The molecule has 0 spiro atoms. The lowest BCUT2D eigenvalue weighted by molar-refractivity contribution is -0.0512. The van der Waals surface area contributed by atoms with Crippen LogP contribution in [0.1, 0.15) is 16.1 Å². The Morgan fingerprint density at radius 2 is 2.09 bits per heavy atom. The van der Waals surface area contributed by atoms with E-state index in [-0.39, 0.29) is 17.4 Å². The molecule has 2 rings (SSSR count). The van der Waals surface area contributed by atoms with Crippen LogP contribution in [0.25, 0.3) is 0 Å². The molecule has 0 saturated heterocycles. The summed E-state index contributed by atoms with van der Waals surface area (Å²) in [7, 11) is 3.04. The predicted octanol–water partition coefficient (Wildman–Crippen LogP) is 2.59. The van der Waals surface area contributed by atoms with Crippen molar-refractivity contribution in [3.8, 4) is 11.5 Å². The predicted molar refractivity (Wildman–Crippen MR) is 75.5 cm³/mol. The maximum atomic E-state index is 12.3. The second kappa shape index (κ2) is 6.42. The van der Waals surface area contributed by atoms with E-state index >= 15 is 0 Å². The zero-order valence-corrected chi connectivity index (χ0v) is 12.3. The molecule has 6 nitrogen and oxygen atoms in total. The van der Waals surface area contributed by atoms with Gasteiger partial charge < -0.3 is 14.8 Å². The average molecular weight is 311 g/mol. The summed E-state index contributed by atoms with van der Waals surface area (Å²) in [5.41, 5.74) is 1.41. The molecule has 1 heterocycles. The van der Waals surface area contributed by atoms with Crippen molar-refractivity contribution in [1.82, 2.24) is 9.78 Å². The molecule has 0 atom stereocenters. The lowest BCUT2D eigenvalue weighted by atomic mass is 10.2. The maximum absolute atomic E-state index is 12.3. The fourth-order valence-electron chi connectivity index (χ4n) is 1.96. The van der Waals surface area contributed by atoms with Crippen molar-refractivity contribution in [2.24, 2.45) is 7.05 Å². The zero-order chi connectivity index (χ0) is 16.3. The number of halogens is 2. The van der Waals surface area contributed by atoms with Gasteiger partial charge in [-0.3, -0.25) is 9.48 Å². The van der Waals surface area contributed by atoms with Crippen molar-refractivity contribution < 1.29 is 23.0 Å². The molecule has 22 heavy (non-hydrogen) atoms. The van der Waals surface area contributed by atoms with Crippen molar-refractivity contribution >= 4 is 11.6 Å². The molecule has 1 amide bonds. The number of aryl methyl sites for hydroxylation is 2. The Labute approximate surface area is 125 Å². The topological polar surface area (TPSA) is 65.4 Å². The van der Waals surface area contributed by atoms with Crippen LogP contribution in [0.3, 0.4) is 0 Å². The molecule has 1 N–H and O–H groups in total. The van der Waals surface area contributed by atoms with Gasteiger partial charge in [0.25, 0.3) is 5.91 Å². The third-order valence-corrected chi connectivity index (χ3v) is 2.90. The Balaban J connectivity index is 2.19. The molecule has 0 aliphatic carbocycles. The van der Waals surface area contributed by atoms with Crippen LogP contribution in [0, 0.1) is 6.92 Å². The van der Waals surface area contributed by atoms with Crippen molar-refractivity contribution in [1.29, 1.82) is 0 Å². The first kappa shape index (κ1) is 15.7. The van der Waals surface area contributed by atoms with Crippen LogP contribution in [0.5, 0.6) is 11.5 Å². The zero-order valence-electron chi connectivity index (χ0n) is 12.3. The van der Waals surface area contributed by atoms with Gasteiger partial charge in [-0.15, -0.1) is 0 Å². The minimum Gasteiger partial charge on any atom is -0.493 e. The maximum Gasteiger partial charge on any atom is 0.387 e. The lowest BCUT2D eigenvalue weighted by Gasteiger charge is -2.12. The minimum atomic E-state index is -2.95. The Morgan fingerprint density at radius 1 is 1.36 bits per heavy atom. The number of alkyl halides is 2. The summed E-state index contributed by atoms with van der Waals surface area (Å²) < 4.78 is 35.3. The summed E-state index contributed by atoms with van der Waals surface area (Å²) in [6, 6.07) is 4.15. The largest absolute Gasteiger partial charge is 0.493 e. The normalized spacial score (nSPS) is 10.6. The van der Waals surface area contributed by atoms with Gasteiger partial charge in [-0.1, -0.05) is 0 Å². The molecule has 1 aromatic heterocycles. The minimum absolute atomic E-state index is 0.0982. The summed E-state index contributed by atoms with van der Waals surface area (Å²) in [6.45, 7) is -1.23. The highest BCUT2D eigenvalue weighted by Gasteiger charge is 2.15. The number of methoxy groups -OCH3 is 1. The Morgan fingerprint density at radius 3 is 2.64 bits per heavy atom. The Kier molecular flexibility index (Phi) is 4.59. The number of hydrogen-bond donors (Lipinski definition) is 1. The molecule has 2 aromatic rings. The monoisotopic (exact) mass is 311 g/mol. The SMILES string of the molecule is COc1cc(NC(=O)c2cn(C)nc2C)ccc1OC(F)F. The van der Waals surface area contributed by atoms with Crippen LogP contribution in [-0.4, -0.2) is 29.4 Å². The molecule has 0 radical (unpaired) electrons. The molecule has 0 aliphatic rings. The van der Waals surface area contributed by atoms with E-state index in [0.29, 0.717) is 16.9 Å². The van der Waals surface area contributed by atoms with E-state index in [1.165, 1.54) is 30.0 Å². The van der Waals surface area contributed by atoms with Gasteiger partial charge in [0.1, 0.15) is 0 Å². The van der Waals surface area contributed by atoms with Crippen LogP contribution >= 0.6 is 0 Å². The summed E-state index contributed by atoms with van der Waals surface area (Å²) in [5, 5.41) is 6.73. The molecule has 118 valence electrons. The van der Waals surface area contributed by atoms with E-state index < -0.39 is 6.61 Å². The molecule has 0 fully saturated rings. The van der Waals surface area contributed by atoms with Crippen LogP contribution in [0.2, 0.25) is 0 Å². The van der Waals surface area contributed by atoms with Gasteiger partial charge in [-0.25, -0.2) is 0 Å². The van der Waals surface area contributed by atoms with Crippen LogP contribution in [0.15, 0.2) is 24.4 Å². The van der Waals surface area contributed by atoms with E-state index in [1.807, 2.05) is 0 Å². The highest BCUT2D eigenvalue weighted by molar-refractivity contribution is 6.05. The van der Waals surface area contributed by atoms with Gasteiger partial charge in [0.05, 0.1) is 18.4 Å². The molecule has 0 bridgehead atoms. The number of hydrogen-bond acceptors (Lipinski definition) is 4. The van der Waals surface area contributed by atoms with Gasteiger partial charge in [0.15, 0.2) is 11.5 Å². The quantitative estimate of drug-likeness (QED) is 0.922.